The Morgan fingerprint density at radius 2 is 2.12 bits per heavy atom. The average Bonchev–Trinajstić information content (AvgIpc) is 2.25. The molecule has 0 radical (unpaired) electrons. The maximum Gasteiger partial charge on any atom is 0.123 e. The van der Waals surface area contributed by atoms with Gasteiger partial charge in [-0.3, -0.25) is 0 Å². The van der Waals surface area contributed by atoms with Crippen LogP contribution in [-0.4, -0.2) is 18.3 Å². The minimum Gasteiger partial charge on any atom is -0.395 e. The lowest BCUT2D eigenvalue weighted by Gasteiger charge is -2.32. The third-order valence-electron chi connectivity index (χ3n) is 2.93. The molecule has 0 saturated heterocycles. The molecule has 1 unspecified atom stereocenters. The molecule has 0 bridgehead atoms. The number of aliphatic hydroxyl groups is 1. The number of nitrogens with two attached hydrogens (primary N) is 1. The van der Waals surface area contributed by atoms with E-state index in [1.54, 1.807) is 6.07 Å². The largest absolute Gasteiger partial charge is 0.395 e. The monoisotopic (exact) mass is 225 g/mol. The molecular weight excluding hydrogens is 205 g/mol. The number of hydrogen-bond acceptors (Lipinski definition) is 2. The summed E-state index contributed by atoms with van der Waals surface area (Å²) in [6.45, 7) is 4.41. The highest BCUT2D eigenvalue weighted by molar-refractivity contribution is 5.27. The van der Waals surface area contributed by atoms with Gasteiger partial charge in [-0.2, -0.15) is 0 Å². The van der Waals surface area contributed by atoms with E-state index in [4.69, 9.17) is 5.73 Å². The molecule has 0 amide bonds. The maximum absolute atomic E-state index is 13.2. The van der Waals surface area contributed by atoms with Gasteiger partial charge < -0.3 is 10.8 Å². The zero-order valence-corrected chi connectivity index (χ0v) is 9.91. The van der Waals surface area contributed by atoms with Gasteiger partial charge in [0.15, 0.2) is 0 Å². The SMILES string of the molecule is CC(C)CC(CN)(CO)c1cccc(F)c1. The lowest BCUT2D eigenvalue weighted by Crippen LogP contribution is -2.40. The van der Waals surface area contributed by atoms with E-state index in [9.17, 15) is 9.50 Å². The second-order valence-corrected chi connectivity index (χ2v) is 4.75. The fraction of sp³-hybridized carbons (Fsp3) is 0.538. The molecule has 1 aromatic rings. The van der Waals surface area contributed by atoms with Crippen LogP contribution < -0.4 is 5.73 Å². The predicted octanol–water partition coefficient (Wildman–Crippen LogP) is 2.06. The van der Waals surface area contributed by atoms with Gasteiger partial charge in [-0.05, 0) is 30.0 Å². The first-order valence-corrected chi connectivity index (χ1v) is 5.61. The number of rotatable bonds is 5. The number of hydrogen-bond donors (Lipinski definition) is 2. The Morgan fingerprint density at radius 3 is 2.56 bits per heavy atom. The van der Waals surface area contributed by atoms with Crippen LogP contribution >= 0.6 is 0 Å². The van der Waals surface area contributed by atoms with Gasteiger partial charge in [-0.25, -0.2) is 4.39 Å². The Kier molecular flexibility index (Phi) is 4.44. The van der Waals surface area contributed by atoms with Crippen LogP contribution in [-0.2, 0) is 5.41 Å². The second kappa shape index (κ2) is 5.41. The third kappa shape index (κ3) is 2.80. The molecule has 0 aliphatic heterocycles. The highest BCUT2D eigenvalue weighted by Gasteiger charge is 2.31. The van der Waals surface area contributed by atoms with Crippen LogP contribution in [0.15, 0.2) is 24.3 Å². The van der Waals surface area contributed by atoms with Crippen molar-refractivity contribution in [2.24, 2.45) is 11.7 Å². The van der Waals surface area contributed by atoms with Crippen LogP contribution in [0.1, 0.15) is 25.8 Å². The van der Waals surface area contributed by atoms with Gasteiger partial charge in [-0.1, -0.05) is 26.0 Å². The van der Waals surface area contributed by atoms with E-state index in [2.05, 4.69) is 13.8 Å². The molecule has 90 valence electrons. The molecule has 0 aromatic heterocycles. The van der Waals surface area contributed by atoms with Crippen molar-refractivity contribution in [2.45, 2.75) is 25.7 Å². The molecule has 0 heterocycles. The molecule has 2 nitrogen and oxygen atoms in total. The molecule has 3 heteroatoms. The Labute approximate surface area is 96.3 Å². The van der Waals surface area contributed by atoms with Crippen LogP contribution in [0.5, 0.6) is 0 Å². The molecule has 0 spiro atoms. The van der Waals surface area contributed by atoms with Gasteiger partial charge in [0.2, 0.25) is 0 Å². The lowest BCUT2D eigenvalue weighted by atomic mass is 9.75. The summed E-state index contributed by atoms with van der Waals surface area (Å²) in [4.78, 5) is 0. The van der Waals surface area contributed by atoms with E-state index in [1.165, 1.54) is 12.1 Å². The summed E-state index contributed by atoms with van der Waals surface area (Å²) < 4.78 is 13.2. The summed E-state index contributed by atoms with van der Waals surface area (Å²) in [6.07, 6.45) is 0.753. The van der Waals surface area contributed by atoms with Crippen LogP contribution in [0.3, 0.4) is 0 Å². The summed E-state index contributed by atoms with van der Waals surface area (Å²) in [5, 5.41) is 9.57. The van der Waals surface area contributed by atoms with E-state index in [0.29, 0.717) is 12.5 Å². The second-order valence-electron chi connectivity index (χ2n) is 4.75. The molecule has 0 saturated carbocycles. The van der Waals surface area contributed by atoms with Gasteiger partial charge in [0.1, 0.15) is 5.82 Å². The van der Waals surface area contributed by atoms with Crippen LogP contribution in [0.2, 0.25) is 0 Å². The highest BCUT2D eigenvalue weighted by atomic mass is 19.1. The Hall–Kier alpha value is -0.930. The van der Waals surface area contributed by atoms with Gasteiger partial charge in [-0.15, -0.1) is 0 Å². The smallest absolute Gasteiger partial charge is 0.123 e. The molecule has 16 heavy (non-hydrogen) atoms. The van der Waals surface area contributed by atoms with Crippen LogP contribution in [0.4, 0.5) is 4.39 Å². The minimum atomic E-state index is -0.518. The number of aliphatic hydroxyl groups excluding tert-OH is 1. The van der Waals surface area contributed by atoms with Crippen molar-refractivity contribution < 1.29 is 9.50 Å². The summed E-state index contributed by atoms with van der Waals surface area (Å²) in [7, 11) is 0. The standard InChI is InChI=1S/C13H20FNO/c1-10(2)7-13(8-15,9-16)11-4-3-5-12(14)6-11/h3-6,10,16H,7-9,15H2,1-2H3. The predicted molar refractivity (Wildman–Crippen MR) is 63.7 cm³/mol. The summed E-state index contributed by atoms with van der Waals surface area (Å²) >= 11 is 0. The van der Waals surface area contributed by atoms with Gasteiger partial charge >= 0.3 is 0 Å². The molecule has 1 rings (SSSR count). The highest BCUT2D eigenvalue weighted by Crippen LogP contribution is 2.30. The molecular formula is C13H20FNO. The third-order valence-corrected chi connectivity index (χ3v) is 2.93. The first kappa shape index (κ1) is 13.1. The van der Waals surface area contributed by atoms with E-state index in [0.717, 1.165) is 12.0 Å². The first-order valence-electron chi connectivity index (χ1n) is 5.61. The van der Waals surface area contributed by atoms with Crippen LogP contribution in [0, 0.1) is 11.7 Å². The zero-order chi connectivity index (χ0) is 12.2. The van der Waals surface area contributed by atoms with E-state index < -0.39 is 5.41 Å². The number of benzene rings is 1. The Morgan fingerprint density at radius 1 is 1.44 bits per heavy atom. The van der Waals surface area contributed by atoms with Gasteiger partial charge in [0, 0.05) is 12.0 Å². The fourth-order valence-electron chi connectivity index (χ4n) is 2.14. The molecule has 1 aromatic carbocycles. The zero-order valence-electron chi connectivity index (χ0n) is 9.91. The first-order chi connectivity index (χ1) is 7.54. The molecule has 1 atom stereocenters. The van der Waals surface area contributed by atoms with Gasteiger partial charge in [0.05, 0.1) is 6.61 Å². The minimum absolute atomic E-state index is 0.0505. The molecule has 0 aliphatic carbocycles. The normalized spacial score (nSPS) is 15.1. The van der Waals surface area contributed by atoms with Crippen molar-refractivity contribution in [3.05, 3.63) is 35.6 Å². The summed E-state index contributed by atoms with van der Waals surface area (Å²) in [5.74, 6) is 0.117. The van der Waals surface area contributed by atoms with E-state index in [1.807, 2.05) is 6.07 Å². The van der Waals surface area contributed by atoms with E-state index in [-0.39, 0.29) is 12.4 Å². The maximum atomic E-state index is 13.2. The van der Waals surface area contributed by atoms with Crippen molar-refractivity contribution in [1.82, 2.24) is 0 Å². The topological polar surface area (TPSA) is 46.2 Å². The quantitative estimate of drug-likeness (QED) is 0.805. The average molecular weight is 225 g/mol. The van der Waals surface area contributed by atoms with E-state index >= 15 is 0 Å². The van der Waals surface area contributed by atoms with Crippen molar-refractivity contribution in [3.63, 3.8) is 0 Å². The van der Waals surface area contributed by atoms with Crippen LogP contribution in [0.25, 0.3) is 0 Å². The molecule has 3 N–H and O–H groups in total. The van der Waals surface area contributed by atoms with Crippen molar-refractivity contribution in [2.75, 3.05) is 13.2 Å². The molecule has 0 fully saturated rings. The summed E-state index contributed by atoms with van der Waals surface area (Å²) in [6, 6.07) is 6.35. The Bertz CT molecular complexity index is 334. The van der Waals surface area contributed by atoms with Crippen molar-refractivity contribution in [3.8, 4) is 0 Å². The molecule has 0 aliphatic rings. The van der Waals surface area contributed by atoms with Crippen molar-refractivity contribution in [1.29, 1.82) is 0 Å². The fourth-order valence-corrected chi connectivity index (χ4v) is 2.14. The lowest BCUT2D eigenvalue weighted by molar-refractivity contribution is 0.174. The summed E-state index contributed by atoms with van der Waals surface area (Å²) in [5.41, 5.74) is 6.03. The number of halogens is 1. The van der Waals surface area contributed by atoms with Crippen molar-refractivity contribution >= 4 is 0 Å². The Balaban J connectivity index is 3.09. The van der Waals surface area contributed by atoms with Gasteiger partial charge in [0.25, 0.3) is 0 Å².